The zero-order chi connectivity index (χ0) is 10.7. The van der Waals surface area contributed by atoms with Gasteiger partial charge in [-0.3, -0.25) is 0 Å². The molecule has 1 N–H and O–H groups in total. The molecule has 0 saturated heterocycles. The minimum absolute atomic E-state index is 0.0535. The van der Waals surface area contributed by atoms with Crippen molar-refractivity contribution in [3.05, 3.63) is 29.3 Å². The van der Waals surface area contributed by atoms with Gasteiger partial charge in [0.25, 0.3) is 0 Å². The third-order valence-corrected chi connectivity index (χ3v) is 1.88. The topological polar surface area (TPSA) is 46.5 Å². The predicted molar refractivity (Wildman–Crippen MR) is 53.9 cm³/mol. The highest BCUT2D eigenvalue weighted by Crippen LogP contribution is 2.22. The molecule has 3 heteroatoms. The molecule has 0 fully saturated rings. The molecule has 1 aromatic carbocycles. The van der Waals surface area contributed by atoms with E-state index in [1.54, 1.807) is 25.1 Å². The summed E-state index contributed by atoms with van der Waals surface area (Å²) in [5.74, 6) is -0.281. The molecular formula is C11H14O3. The van der Waals surface area contributed by atoms with Crippen LogP contribution in [0, 0.1) is 6.92 Å². The Morgan fingerprint density at radius 2 is 2.07 bits per heavy atom. The number of benzene rings is 1. The van der Waals surface area contributed by atoms with Crippen LogP contribution >= 0.6 is 0 Å². The number of hydrogen-bond donors (Lipinski definition) is 1. The summed E-state index contributed by atoms with van der Waals surface area (Å²) in [6, 6.07) is 5.04. The van der Waals surface area contributed by atoms with Gasteiger partial charge in [0.2, 0.25) is 0 Å². The van der Waals surface area contributed by atoms with Crippen molar-refractivity contribution in [2.45, 2.75) is 26.9 Å². The van der Waals surface area contributed by atoms with Gasteiger partial charge in [-0.1, -0.05) is 6.07 Å². The van der Waals surface area contributed by atoms with Crippen LogP contribution in [0.1, 0.15) is 29.8 Å². The van der Waals surface area contributed by atoms with E-state index in [0.717, 1.165) is 0 Å². The molecule has 0 atom stereocenters. The summed E-state index contributed by atoms with van der Waals surface area (Å²) in [6.07, 6.45) is 0.0535. The van der Waals surface area contributed by atoms with Gasteiger partial charge in [-0.05, 0) is 32.9 Å². The quantitative estimate of drug-likeness (QED) is 0.804. The van der Waals surface area contributed by atoms with Gasteiger partial charge in [0, 0.05) is 5.56 Å². The molecule has 0 radical (unpaired) electrons. The summed E-state index contributed by atoms with van der Waals surface area (Å²) in [6.45, 7) is 5.57. The third-order valence-electron chi connectivity index (χ3n) is 1.88. The Bertz CT molecular complexity index is 342. The van der Waals surface area contributed by atoms with E-state index in [0.29, 0.717) is 16.9 Å². The average molecular weight is 194 g/mol. The van der Waals surface area contributed by atoms with Crippen LogP contribution in [0.4, 0.5) is 0 Å². The molecule has 14 heavy (non-hydrogen) atoms. The first-order valence-corrected chi connectivity index (χ1v) is 4.52. The summed E-state index contributed by atoms with van der Waals surface area (Å²) in [5.41, 5.74) is 0.969. The first-order chi connectivity index (χ1) is 6.52. The van der Waals surface area contributed by atoms with E-state index in [4.69, 9.17) is 9.84 Å². The second kappa shape index (κ2) is 4.13. The van der Waals surface area contributed by atoms with Gasteiger partial charge in [-0.25, -0.2) is 4.79 Å². The zero-order valence-electron chi connectivity index (χ0n) is 8.57. The molecule has 0 spiro atoms. The maximum Gasteiger partial charge on any atom is 0.336 e. The second-order valence-corrected chi connectivity index (χ2v) is 3.40. The normalized spacial score (nSPS) is 10.3. The third kappa shape index (κ3) is 2.25. The highest BCUT2D eigenvalue weighted by atomic mass is 16.5. The molecule has 0 heterocycles. The summed E-state index contributed by atoms with van der Waals surface area (Å²) in [5, 5.41) is 8.87. The van der Waals surface area contributed by atoms with Gasteiger partial charge in [0.05, 0.1) is 11.7 Å². The van der Waals surface area contributed by atoms with E-state index in [1.165, 1.54) is 0 Å². The van der Waals surface area contributed by atoms with Crippen LogP contribution in [0.25, 0.3) is 0 Å². The average Bonchev–Trinajstić information content (AvgIpc) is 2.07. The van der Waals surface area contributed by atoms with Crippen molar-refractivity contribution >= 4 is 5.97 Å². The molecule has 1 aromatic rings. The molecule has 1 rings (SSSR count). The Labute approximate surface area is 83.3 Å². The Kier molecular flexibility index (Phi) is 3.12. The van der Waals surface area contributed by atoms with Crippen LogP contribution < -0.4 is 4.74 Å². The van der Waals surface area contributed by atoms with Crippen LogP contribution in [0.2, 0.25) is 0 Å². The van der Waals surface area contributed by atoms with E-state index < -0.39 is 5.97 Å². The summed E-state index contributed by atoms with van der Waals surface area (Å²) in [7, 11) is 0. The van der Waals surface area contributed by atoms with Gasteiger partial charge in [0.1, 0.15) is 5.75 Å². The molecule has 0 aromatic heterocycles. The standard InChI is InChI=1S/C11H14O3/c1-7(2)14-10-6-4-5-9(8(10)3)11(12)13/h4-7H,1-3H3,(H,12,13). The lowest BCUT2D eigenvalue weighted by Gasteiger charge is -2.13. The van der Waals surface area contributed by atoms with Crippen LogP contribution in [-0.2, 0) is 0 Å². The van der Waals surface area contributed by atoms with E-state index in [2.05, 4.69) is 0 Å². The fourth-order valence-electron chi connectivity index (χ4n) is 1.23. The van der Waals surface area contributed by atoms with Crippen molar-refractivity contribution in [1.29, 1.82) is 0 Å². The van der Waals surface area contributed by atoms with Crippen molar-refractivity contribution in [3.63, 3.8) is 0 Å². The highest BCUT2D eigenvalue weighted by Gasteiger charge is 2.11. The van der Waals surface area contributed by atoms with Crippen molar-refractivity contribution < 1.29 is 14.6 Å². The van der Waals surface area contributed by atoms with Crippen molar-refractivity contribution in [3.8, 4) is 5.75 Å². The van der Waals surface area contributed by atoms with E-state index in [9.17, 15) is 4.79 Å². The number of carbonyl (C=O) groups is 1. The monoisotopic (exact) mass is 194 g/mol. The Morgan fingerprint density at radius 3 is 2.57 bits per heavy atom. The number of ether oxygens (including phenoxy) is 1. The number of carboxylic acid groups (broad SMARTS) is 1. The van der Waals surface area contributed by atoms with Gasteiger partial charge in [0.15, 0.2) is 0 Å². The number of carboxylic acids is 1. The van der Waals surface area contributed by atoms with E-state index >= 15 is 0 Å². The number of hydrogen-bond acceptors (Lipinski definition) is 2. The second-order valence-electron chi connectivity index (χ2n) is 3.40. The predicted octanol–water partition coefficient (Wildman–Crippen LogP) is 2.48. The Morgan fingerprint density at radius 1 is 1.43 bits per heavy atom. The highest BCUT2D eigenvalue weighted by molar-refractivity contribution is 5.90. The molecule has 3 nitrogen and oxygen atoms in total. The molecule has 0 aliphatic heterocycles. The minimum atomic E-state index is -0.920. The maximum absolute atomic E-state index is 10.8. The van der Waals surface area contributed by atoms with Crippen LogP contribution in [0.5, 0.6) is 5.75 Å². The molecular weight excluding hydrogens is 180 g/mol. The summed E-state index contributed by atoms with van der Waals surface area (Å²) >= 11 is 0. The van der Waals surface area contributed by atoms with E-state index in [1.807, 2.05) is 13.8 Å². The maximum atomic E-state index is 10.8. The molecule has 0 aliphatic rings. The van der Waals surface area contributed by atoms with Crippen molar-refractivity contribution in [1.82, 2.24) is 0 Å². The Hall–Kier alpha value is -1.51. The fourth-order valence-corrected chi connectivity index (χ4v) is 1.23. The van der Waals surface area contributed by atoms with Gasteiger partial charge in [-0.15, -0.1) is 0 Å². The summed E-state index contributed by atoms with van der Waals surface area (Å²) in [4.78, 5) is 10.8. The molecule has 0 saturated carbocycles. The van der Waals surface area contributed by atoms with Crippen molar-refractivity contribution in [2.75, 3.05) is 0 Å². The van der Waals surface area contributed by atoms with Gasteiger partial charge >= 0.3 is 5.97 Å². The lowest BCUT2D eigenvalue weighted by Crippen LogP contribution is -2.08. The SMILES string of the molecule is Cc1c(OC(C)C)cccc1C(=O)O. The molecule has 0 amide bonds. The number of aromatic carboxylic acids is 1. The largest absolute Gasteiger partial charge is 0.491 e. The van der Waals surface area contributed by atoms with Crippen LogP contribution in [-0.4, -0.2) is 17.2 Å². The smallest absolute Gasteiger partial charge is 0.336 e. The molecule has 0 aliphatic carbocycles. The van der Waals surface area contributed by atoms with Gasteiger partial charge in [-0.2, -0.15) is 0 Å². The first kappa shape index (κ1) is 10.6. The van der Waals surface area contributed by atoms with Crippen LogP contribution in [0.3, 0.4) is 0 Å². The van der Waals surface area contributed by atoms with Crippen LogP contribution in [0.15, 0.2) is 18.2 Å². The van der Waals surface area contributed by atoms with Gasteiger partial charge < -0.3 is 9.84 Å². The molecule has 76 valence electrons. The Balaban J connectivity index is 3.07. The summed E-state index contributed by atoms with van der Waals surface area (Å²) < 4.78 is 5.47. The molecule has 0 unspecified atom stereocenters. The lowest BCUT2D eigenvalue weighted by atomic mass is 10.1. The molecule has 0 bridgehead atoms. The minimum Gasteiger partial charge on any atom is -0.491 e. The first-order valence-electron chi connectivity index (χ1n) is 4.52. The number of rotatable bonds is 3. The van der Waals surface area contributed by atoms with E-state index in [-0.39, 0.29) is 6.10 Å². The fraction of sp³-hybridized carbons (Fsp3) is 0.364. The van der Waals surface area contributed by atoms with Crippen molar-refractivity contribution in [2.24, 2.45) is 0 Å². The zero-order valence-corrected chi connectivity index (χ0v) is 8.57. The lowest BCUT2D eigenvalue weighted by molar-refractivity contribution is 0.0695.